The van der Waals surface area contributed by atoms with E-state index >= 15 is 0 Å². The highest BCUT2D eigenvalue weighted by Crippen LogP contribution is 2.34. The molecule has 0 spiro atoms. The summed E-state index contributed by atoms with van der Waals surface area (Å²) < 4.78 is 48.8. The summed E-state index contributed by atoms with van der Waals surface area (Å²) in [5, 5.41) is 0. The highest BCUT2D eigenvalue weighted by Gasteiger charge is 2.50. The van der Waals surface area contributed by atoms with E-state index in [2.05, 4.69) is 0 Å². The fourth-order valence-corrected chi connectivity index (χ4v) is 2.91. The summed E-state index contributed by atoms with van der Waals surface area (Å²) in [6.45, 7) is 3.30. The third kappa shape index (κ3) is 4.52. The maximum absolute atomic E-state index is 12.9. The minimum atomic E-state index is -4.47. The third-order valence-corrected chi connectivity index (χ3v) is 4.26. The zero-order valence-electron chi connectivity index (χ0n) is 15.6. The molecule has 0 aliphatic carbocycles. The Morgan fingerprint density at radius 3 is 1.71 bits per heavy atom. The van der Waals surface area contributed by atoms with Crippen molar-refractivity contribution in [2.45, 2.75) is 31.9 Å². The quantitative estimate of drug-likeness (QED) is 0.519. The van der Waals surface area contributed by atoms with Crippen LogP contribution in [0.1, 0.15) is 30.5 Å². The van der Waals surface area contributed by atoms with Gasteiger partial charge in [-0.15, -0.1) is 0 Å². The van der Waals surface area contributed by atoms with Gasteiger partial charge in [0, 0.05) is 6.42 Å². The Morgan fingerprint density at radius 2 is 1.29 bits per heavy atom. The second kappa shape index (κ2) is 8.91. The Hall–Kier alpha value is -2.83. The van der Waals surface area contributed by atoms with Gasteiger partial charge in [0.2, 0.25) is 0 Å². The number of benzene rings is 2. The second-order valence-corrected chi connectivity index (χ2v) is 6.08. The molecule has 0 fully saturated rings. The summed E-state index contributed by atoms with van der Waals surface area (Å²) in [6.07, 6.45) is -4.66. The van der Waals surface area contributed by atoms with Crippen molar-refractivity contribution in [3.63, 3.8) is 0 Å². The lowest BCUT2D eigenvalue weighted by Gasteiger charge is -2.30. The molecule has 28 heavy (non-hydrogen) atoms. The number of halogens is 3. The Labute approximate surface area is 161 Å². The molecule has 0 heterocycles. The van der Waals surface area contributed by atoms with Gasteiger partial charge in [0.1, 0.15) is 0 Å². The minimum Gasteiger partial charge on any atom is -0.465 e. The minimum absolute atomic E-state index is 0.0415. The Kier molecular flexibility index (Phi) is 6.83. The van der Waals surface area contributed by atoms with Crippen LogP contribution < -0.4 is 0 Å². The molecule has 150 valence electrons. The first kappa shape index (κ1) is 21.5. The number of carbonyl (C=O) groups excluding carboxylic acids is 2. The molecule has 0 saturated carbocycles. The molecule has 0 aliphatic heterocycles. The van der Waals surface area contributed by atoms with Crippen molar-refractivity contribution in [1.82, 2.24) is 0 Å². The first-order chi connectivity index (χ1) is 13.3. The van der Waals surface area contributed by atoms with E-state index in [1.165, 1.54) is 12.1 Å². The number of rotatable bonds is 7. The number of hydrogen-bond acceptors (Lipinski definition) is 4. The van der Waals surface area contributed by atoms with Crippen LogP contribution in [0.15, 0.2) is 54.6 Å². The summed E-state index contributed by atoms with van der Waals surface area (Å²) in [5.74, 6) is -1.61. The van der Waals surface area contributed by atoms with Crippen LogP contribution in [0.3, 0.4) is 0 Å². The normalized spacial score (nSPS) is 11.8. The van der Waals surface area contributed by atoms with Gasteiger partial charge >= 0.3 is 18.1 Å². The van der Waals surface area contributed by atoms with Crippen LogP contribution in [0.25, 0.3) is 0 Å². The lowest BCUT2D eigenvalue weighted by molar-refractivity contribution is -0.165. The van der Waals surface area contributed by atoms with Gasteiger partial charge in [-0.25, -0.2) is 0 Å². The third-order valence-electron chi connectivity index (χ3n) is 4.26. The van der Waals surface area contributed by atoms with Gasteiger partial charge in [0.25, 0.3) is 0 Å². The maximum Gasteiger partial charge on any atom is 0.416 e. The number of carbonyl (C=O) groups is 2. The van der Waals surface area contributed by atoms with Crippen LogP contribution in [-0.4, -0.2) is 25.2 Å². The average Bonchev–Trinajstić information content (AvgIpc) is 2.66. The second-order valence-electron chi connectivity index (χ2n) is 6.08. The monoisotopic (exact) mass is 394 g/mol. The lowest BCUT2D eigenvalue weighted by Crippen LogP contribution is -2.48. The molecular formula is C21H21F3O4. The van der Waals surface area contributed by atoms with Crippen LogP contribution in [0.4, 0.5) is 13.2 Å². The summed E-state index contributed by atoms with van der Waals surface area (Å²) >= 11 is 0. The van der Waals surface area contributed by atoms with Crippen LogP contribution in [0.2, 0.25) is 0 Å². The van der Waals surface area contributed by atoms with Crippen LogP contribution in [0, 0.1) is 0 Å². The molecule has 0 aliphatic rings. The zero-order valence-corrected chi connectivity index (χ0v) is 15.6. The SMILES string of the molecule is CCOC(=O)C(Cc1ccc(C(F)(F)F)cc1)(C(=O)OCC)c1ccccc1. The van der Waals surface area contributed by atoms with Gasteiger partial charge in [-0.05, 0) is 37.1 Å². The van der Waals surface area contributed by atoms with E-state index in [4.69, 9.17) is 9.47 Å². The van der Waals surface area contributed by atoms with Crippen LogP contribution >= 0.6 is 0 Å². The van der Waals surface area contributed by atoms with Gasteiger partial charge < -0.3 is 9.47 Å². The lowest BCUT2D eigenvalue weighted by atomic mass is 9.75. The molecule has 0 saturated heterocycles. The smallest absolute Gasteiger partial charge is 0.416 e. The van der Waals surface area contributed by atoms with E-state index in [1.54, 1.807) is 44.2 Å². The molecule has 0 bridgehead atoms. The molecule has 0 unspecified atom stereocenters. The van der Waals surface area contributed by atoms with E-state index in [0.717, 1.165) is 12.1 Å². The predicted octanol–water partition coefficient (Wildman–Crippen LogP) is 4.31. The number of esters is 2. The van der Waals surface area contributed by atoms with Gasteiger partial charge in [-0.3, -0.25) is 9.59 Å². The standard InChI is InChI=1S/C21H21F3O4/c1-3-27-18(25)20(19(26)28-4-2,16-8-6-5-7-9-16)14-15-10-12-17(13-11-15)21(22,23)24/h5-13H,3-4,14H2,1-2H3. The topological polar surface area (TPSA) is 52.6 Å². The first-order valence-corrected chi connectivity index (χ1v) is 8.81. The molecule has 2 rings (SSSR count). The molecule has 2 aromatic carbocycles. The van der Waals surface area contributed by atoms with E-state index in [-0.39, 0.29) is 19.6 Å². The van der Waals surface area contributed by atoms with Crippen molar-refractivity contribution in [3.05, 3.63) is 71.3 Å². The van der Waals surface area contributed by atoms with Gasteiger partial charge in [-0.2, -0.15) is 13.2 Å². The summed E-state index contributed by atoms with van der Waals surface area (Å²) in [7, 11) is 0. The van der Waals surface area contributed by atoms with Crippen molar-refractivity contribution < 1.29 is 32.2 Å². The first-order valence-electron chi connectivity index (χ1n) is 8.81. The molecule has 4 nitrogen and oxygen atoms in total. The zero-order chi connectivity index (χ0) is 20.8. The molecule has 0 amide bonds. The number of alkyl halides is 3. The summed E-state index contributed by atoms with van der Waals surface area (Å²) in [6, 6.07) is 12.6. The van der Waals surface area contributed by atoms with Crippen LogP contribution in [-0.2, 0) is 37.1 Å². The predicted molar refractivity (Wildman–Crippen MR) is 96.5 cm³/mol. The van der Waals surface area contributed by atoms with Crippen molar-refractivity contribution in [2.24, 2.45) is 0 Å². The molecule has 2 aromatic rings. The van der Waals surface area contributed by atoms with Crippen molar-refractivity contribution in [3.8, 4) is 0 Å². The maximum atomic E-state index is 12.9. The van der Waals surface area contributed by atoms with Crippen molar-refractivity contribution >= 4 is 11.9 Å². The Morgan fingerprint density at radius 1 is 0.786 bits per heavy atom. The highest BCUT2D eigenvalue weighted by atomic mass is 19.4. The van der Waals surface area contributed by atoms with Crippen molar-refractivity contribution in [1.29, 1.82) is 0 Å². The molecule has 0 radical (unpaired) electrons. The van der Waals surface area contributed by atoms with Crippen LogP contribution in [0.5, 0.6) is 0 Å². The molecular weight excluding hydrogens is 373 g/mol. The number of hydrogen-bond donors (Lipinski definition) is 0. The highest BCUT2D eigenvalue weighted by molar-refractivity contribution is 6.06. The number of ether oxygens (including phenoxy) is 2. The van der Waals surface area contributed by atoms with Gasteiger partial charge in [0.15, 0.2) is 5.41 Å². The fourth-order valence-electron chi connectivity index (χ4n) is 2.91. The van der Waals surface area contributed by atoms with E-state index in [1.807, 2.05) is 0 Å². The van der Waals surface area contributed by atoms with E-state index < -0.39 is 29.1 Å². The summed E-state index contributed by atoms with van der Waals surface area (Å²) in [4.78, 5) is 25.8. The van der Waals surface area contributed by atoms with E-state index in [0.29, 0.717) is 11.1 Å². The molecule has 0 aromatic heterocycles. The largest absolute Gasteiger partial charge is 0.465 e. The van der Waals surface area contributed by atoms with Crippen molar-refractivity contribution in [2.75, 3.05) is 13.2 Å². The Balaban J connectivity index is 2.56. The molecule has 0 N–H and O–H groups in total. The fraction of sp³-hybridized carbons (Fsp3) is 0.333. The molecule has 7 heteroatoms. The Bertz CT molecular complexity index is 781. The summed E-state index contributed by atoms with van der Waals surface area (Å²) in [5.41, 5.74) is -1.90. The molecule has 0 atom stereocenters. The van der Waals surface area contributed by atoms with E-state index in [9.17, 15) is 22.8 Å². The van der Waals surface area contributed by atoms with Gasteiger partial charge in [0.05, 0.1) is 18.8 Å². The van der Waals surface area contributed by atoms with Gasteiger partial charge in [-0.1, -0.05) is 42.5 Å². The average molecular weight is 394 g/mol.